The van der Waals surface area contributed by atoms with Crippen LogP contribution in [0.1, 0.15) is 5.56 Å². The number of rotatable bonds is 3. The SMILES string of the molecule is CN=c1scc(-c2ccc(F)cc2)n1N=Cc1ccc(Cl)c(Cl)c1. The Labute approximate surface area is 152 Å². The molecule has 24 heavy (non-hydrogen) atoms. The predicted molar refractivity (Wildman–Crippen MR) is 98.6 cm³/mol. The summed E-state index contributed by atoms with van der Waals surface area (Å²) < 4.78 is 14.8. The summed E-state index contributed by atoms with van der Waals surface area (Å²) in [6.45, 7) is 0. The average molecular weight is 380 g/mol. The Balaban J connectivity index is 2.03. The van der Waals surface area contributed by atoms with Gasteiger partial charge in [0, 0.05) is 18.0 Å². The van der Waals surface area contributed by atoms with Gasteiger partial charge in [-0.1, -0.05) is 29.3 Å². The fraction of sp³-hybridized carbons (Fsp3) is 0.0588. The van der Waals surface area contributed by atoms with Crippen LogP contribution in [0.3, 0.4) is 0 Å². The summed E-state index contributed by atoms with van der Waals surface area (Å²) in [7, 11) is 1.70. The van der Waals surface area contributed by atoms with Gasteiger partial charge in [-0.3, -0.25) is 4.99 Å². The molecule has 3 aromatic rings. The Morgan fingerprint density at radius 2 is 1.83 bits per heavy atom. The zero-order valence-electron chi connectivity index (χ0n) is 12.6. The van der Waals surface area contributed by atoms with Crippen molar-refractivity contribution in [2.24, 2.45) is 10.1 Å². The first-order valence-electron chi connectivity index (χ1n) is 6.97. The first-order chi connectivity index (χ1) is 11.6. The van der Waals surface area contributed by atoms with Crippen molar-refractivity contribution in [3.8, 4) is 11.3 Å². The zero-order chi connectivity index (χ0) is 17.1. The summed E-state index contributed by atoms with van der Waals surface area (Å²) in [5.74, 6) is -0.278. The number of aromatic nitrogens is 1. The monoisotopic (exact) mass is 379 g/mol. The van der Waals surface area contributed by atoms with E-state index in [0.717, 1.165) is 21.6 Å². The Morgan fingerprint density at radius 1 is 1.08 bits per heavy atom. The third kappa shape index (κ3) is 3.59. The molecule has 0 fully saturated rings. The van der Waals surface area contributed by atoms with Crippen LogP contribution in [0, 0.1) is 5.82 Å². The molecule has 1 heterocycles. The van der Waals surface area contributed by atoms with Crippen molar-refractivity contribution in [2.75, 3.05) is 7.05 Å². The van der Waals surface area contributed by atoms with Gasteiger partial charge in [0.25, 0.3) is 0 Å². The average Bonchev–Trinajstić information content (AvgIpc) is 2.99. The summed E-state index contributed by atoms with van der Waals surface area (Å²) in [6.07, 6.45) is 1.68. The second-order valence-corrected chi connectivity index (χ2v) is 6.51. The quantitative estimate of drug-likeness (QED) is 0.568. The molecule has 0 amide bonds. The largest absolute Gasteiger partial charge is 0.261 e. The number of benzene rings is 2. The maximum Gasteiger partial charge on any atom is 0.205 e. The fourth-order valence-electron chi connectivity index (χ4n) is 2.10. The van der Waals surface area contributed by atoms with Crippen LogP contribution in [0.15, 0.2) is 57.9 Å². The normalized spacial score (nSPS) is 12.2. The van der Waals surface area contributed by atoms with Crippen molar-refractivity contribution < 1.29 is 4.39 Å². The molecule has 0 spiro atoms. The van der Waals surface area contributed by atoms with Crippen molar-refractivity contribution in [3.05, 3.63) is 74.1 Å². The topological polar surface area (TPSA) is 29.6 Å². The summed E-state index contributed by atoms with van der Waals surface area (Å²) in [5.41, 5.74) is 2.50. The molecule has 0 bridgehead atoms. The van der Waals surface area contributed by atoms with Gasteiger partial charge in [-0.15, -0.1) is 11.3 Å². The van der Waals surface area contributed by atoms with E-state index in [1.165, 1.54) is 23.5 Å². The van der Waals surface area contributed by atoms with Crippen LogP contribution >= 0.6 is 34.5 Å². The zero-order valence-corrected chi connectivity index (χ0v) is 14.9. The predicted octanol–water partition coefficient (Wildman–Crippen LogP) is 5.08. The van der Waals surface area contributed by atoms with Crippen LogP contribution in [-0.4, -0.2) is 17.9 Å². The third-order valence-electron chi connectivity index (χ3n) is 3.28. The minimum Gasteiger partial charge on any atom is -0.261 e. The smallest absolute Gasteiger partial charge is 0.205 e. The van der Waals surface area contributed by atoms with E-state index in [4.69, 9.17) is 23.2 Å². The van der Waals surface area contributed by atoms with Crippen LogP contribution in [0.5, 0.6) is 0 Å². The first kappa shape index (κ1) is 16.9. The number of thiazole rings is 1. The Bertz CT molecular complexity index is 959. The van der Waals surface area contributed by atoms with Gasteiger partial charge in [-0.05, 0) is 42.0 Å². The molecule has 3 nitrogen and oxygen atoms in total. The van der Waals surface area contributed by atoms with Gasteiger partial charge in [0.1, 0.15) is 5.82 Å². The second-order valence-electron chi connectivity index (χ2n) is 4.86. The van der Waals surface area contributed by atoms with Crippen LogP contribution < -0.4 is 4.80 Å². The molecule has 0 aliphatic carbocycles. The van der Waals surface area contributed by atoms with Gasteiger partial charge in [-0.25, -0.2) is 9.07 Å². The van der Waals surface area contributed by atoms with Gasteiger partial charge < -0.3 is 0 Å². The fourth-order valence-corrected chi connectivity index (χ4v) is 3.21. The lowest BCUT2D eigenvalue weighted by atomic mass is 10.2. The molecule has 0 saturated carbocycles. The van der Waals surface area contributed by atoms with Crippen molar-refractivity contribution in [1.29, 1.82) is 0 Å². The van der Waals surface area contributed by atoms with E-state index < -0.39 is 0 Å². The molecule has 0 aliphatic rings. The van der Waals surface area contributed by atoms with Crippen molar-refractivity contribution in [2.45, 2.75) is 0 Å². The van der Waals surface area contributed by atoms with Crippen LogP contribution in [-0.2, 0) is 0 Å². The maximum absolute atomic E-state index is 13.1. The molecule has 1 aromatic heterocycles. The Kier molecular flexibility index (Phi) is 5.14. The van der Waals surface area contributed by atoms with Gasteiger partial charge >= 0.3 is 0 Å². The van der Waals surface area contributed by atoms with E-state index in [2.05, 4.69) is 10.1 Å². The highest BCUT2D eigenvalue weighted by molar-refractivity contribution is 7.07. The molecule has 3 rings (SSSR count). The van der Waals surface area contributed by atoms with E-state index in [9.17, 15) is 4.39 Å². The van der Waals surface area contributed by atoms with E-state index in [0.29, 0.717) is 10.0 Å². The molecule has 122 valence electrons. The van der Waals surface area contributed by atoms with Gasteiger partial charge in [0.15, 0.2) is 0 Å². The minimum atomic E-state index is -0.278. The number of hydrogen-bond acceptors (Lipinski definition) is 3. The minimum absolute atomic E-state index is 0.278. The highest BCUT2D eigenvalue weighted by Gasteiger charge is 2.07. The number of hydrogen-bond donors (Lipinski definition) is 0. The molecule has 0 saturated heterocycles. The van der Waals surface area contributed by atoms with Gasteiger partial charge in [0.2, 0.25) is 4.80 Å². The Hall–Kier alpha value is -1.95. The van der Waals surface area contributed by atoms with Gasteiger partial charge in [-0.2, -0.15) is 5.10 Å². The first-order valence-corrected chi connectivity index (χ1v) is 8.61. The second kappa shape index (κ2) is 7.30. The highest BCUT2D eigenvalue weighted by atomic mass is 35.5. The third-order valence-corrected chi connectivity index (χ3v) is 4.93. The molecule has 2 aromatic carbocycles. The molecule has 0 radical (unpaired) electrons. The molecule has 0 aliphatic heterocycles. The molecule has 0 N–H and O–H groups in total. The summed E-state index contributed by atoms with van der Waals surface area (Å²) in [6, 6.07) is 11.5. The van der Waals surface area contributed by atoms with Crippen LogP contribution in [0.4, 0.5) is 4.39 Å². The number of nitrogens with zero attached hydrogens (tertiary/aromatic N) is 3. The maximum atomic E-state index is 13.1. The van der Waals surface area contributed by atoms with Crippen molar-refractivity contribution in [1.82, 2.24) is 4.68 Å². The van der Waals surface area contributed by atoms with E-state index in [1.807, 2.05) is 11.4 Å². The Morgan fingerprint density at radius 3 is 2.50 bits per heavy atom. The summed E-state index contributed by atoms with van der Waals surface area (Å²) in [4.78, 5) is 4.95. The van der Waals surface area contributed by atoms with Gasteiger partial charge in [0.05, 0.1) is 22.0 Å². The highest BCUT2D eigenvalue weighted by Crippen LogP contribution is 2.23. The number of halogens is 3. The molecular formula is C17H12Cl2FN3S. The summed E-state index contributed by atoms with van der Waals surface area (Å²) in [5, 5.41) is 7.38. The molecular weight excluding hydrogens is 368 g/mol. The summed E-state index contributed by atoms with van der Waals surface area (Å²) >= 11 is 13.4. The van der Waals surface area contributed by atoms with Crippen molar-refractivity contribution in [3.63, 3.8) is 0 Å². The van der Waals surface area contributed by atoms with Crippen molar-refractivity contribution >= 4 is 40.8 Å². The van der Waals surface area contributed by atoms with E-state index in [1.54, 1.807) is 42.2 Å². The lowest BCUT2D eigenvalue weighted by Crippen LogP contribution is -2.11. The molecule has 0 unspecified atom stereocenters. The van der Waals surface area contributed by atoms with Crippen LogP contribution in [0.2, 0.25) is 10.0 Å². The molecule has 0 atom stereocenters. The van der Waals surface area contributed by atoms with E-state index >= 15 is 0 Å². The van der Waals surface area contributed by atoms with Crippen LogP contribution in [0.25, 0.3) is 11.3 Å². The lowest BCUT2D eigenvalue weighted by Gasteiger charge is -2.03. The van der Waals surface area contributed by atoms with E-state index in [-0.39, 0.29) is 5.82 Å². The lowest BCUT2D eigenvalue weighted by molar-refractivity contribution is 0.628. The molecule has 7 heteroatoms. The standard InChI is InChI=1S/C17H12Cl2FN3S/c1-21-17-23(22-9-11-2-7-14(18)15(19)8-11)16(10-24-17)12-3-5-13(20)6-4-12/h2-10H,1H3.